The Morgan fingerprint density at radius 2 is 1.57 bits per heavy atom. The number of Topliss-reactive ketones (excluding diaryl/α,β-unsaturated/α-hetero) is 1. The molecule has 1 aromatic heterocycles. The van der Waals surface area contributed by atoms with Crippen LogP contribution in [0.3, 0.4) is 0 Å². The predicted molar refractivity (Wildman–Crippen MR) is 108 cm³/mol. The van der Waals surface area contributed by atoms with Gasteiger partial charge in [-0.1, -0.05) is 24.3 Å². The zero-order chi connectivity index (χ0) is 21.5. The molecule has 3 aromatic rings. The van der Waals surface area contributed by atoms with E-state index >= 15 is 0 Å². The summed E-state index contributed by atoms with van der Waals surface area (Å²) >= 11 is 0. The number of para-hydroxylation sites is 2. The van der Waals surface area contributed by atoms with Crippen molar-refractivity contribution in [3.8, 4) is 0 Å². The second-order valence-corrected chi connectivity index (χ2v) is 6.15. The fraction of sp³-hybridized carbons (Fsp3) is 0.0476. The molecule has 150 valence electrons. The van der Waals surface area contributed by atoms with E-state index in [-0.39, 0.29) is 29.3 Å². The predicted octanol–water partition coefficient (Wildman–Crippen LogP) is 2.85. The van der Waals surface area contributed by atoms with E-state index in [1.807, 2.05) is 0 Å². The van der Waals surface area contributed by atoms with Gasteiger partial charge in [0, 0.05) is 29.6 Å². The topological polar surface area (TPSA) is 131 Å². The Morgan fingerprint density at radius 3 is 2.23 bits per heavy atom. The van der Waals surface area contributed by atoms with Crippen LogP contribution in [0.15, 0.2) is 73.1 Å². The number of nitrogens with one attached hydrogen (secondary N) is 2. The van der Waals surface area contributed by atoms with Gasteiger partial charge in [-0.05, 0) is 30.3 Å². The highest BCUT2D eigenvalue weighted by molar-refractivity contribution is 6.06. The second-order valence-electron chi connectivity index (χ2n) is 6.15. The first-order valence-electron chi connectivity index (χ1n) is 8.82. The number of carbonyl (C=O) groups excluding carboxylic acids is 3. The van der Waals surface area contributed by atoms with Gasteiger partial charge in [0.15, 0.2) is 5.78 Å². The number of anilines is 1. The average molecular weight is 404 g/mol. The van der Waals surface area contributed by atoms with E-state index in [0.29, 0.717) is 11.1 Å². The molecule has 0 aliphatic rings. The van der Waals surface area contributed by atoms with Gasteiger partial charge in [-0.3, -0.25) is 29.5 Å². The molecule has 1 heterocycles. The fourth-order valence-electron chi connectivity index (χ4n) is 2.60. The number of nitrogens with zero attached hydrogens (tertiary/aromatic N) is 2. The van der Waals surface area contributed by atoms with Crippen LogP contribution in [0, 0.1) is 10.1 Å². The molecule has 2 aromatic carbocycles. The molecular weight excluding hydrogens is 388 g/mol. The first-order valence-corrected chi connectivity index (χ1v) is 8.82. The third kappa shape index (κ3) is 4.90. The van der Waals surface area contributed by atoms with E-state index in [0.717, 1.165) is 0 Å². The number of rotatable bonds is 7. The number of hydrogen-bond acceptors (Lipinski definition) is 6. The summed E-state index contributed by atoms with van der Waals surface area (Å²) in [5.74, 6) is -1.30. The molecule has 0 saturated heterocycles. The Kier molecular flexibility index (Phi) is 6.23. The molecule has 2 N–H and O–H groups in total. The SMILES string of the molecule is O=C(CNC(=O)c1cccnc1)c1ccc(C(=O)Nc2ccccc2[N+](=O)[O-])cc1. The van der Waals surface area contributed by atoms with Crippen molar-refractivity contribution in [1.82, 2.24) is 10.3 Å². The quantitative estimate of drug-likeness (QED) is 0.354. The van der Waals surface area contributed by atoms with Crippen molar-refractivity contribution in [2.75, 3.05) is 11.9 Å². The number of aromatic nitrogens is 1. The van der Waals surface area contributed by atoms with Crippen molar-refractivity contribution < 1.29 is 19.3 Å². The van der Waals surface area contributed by atoms with Crippen LogP contribution in [0.5, 0.6) is 0 Å². The van der Waals surface area contributed by atoms with Gasteiger partial charge in [-0.25, -0.2) is 0 Å². The van der Waals surface area contributed by atoms with Gasteiger partial charge in [0.25, 0.3) is 17.5 Å². The largest absolute Gasteiger partial charge is 0.345 e. The highest BCUT2D eigenvalue weighted by Crippen LogP contribution is 2.23. The Labute approximate surface area is 170 Å². The third-order valence-electron chi connectivity index (χ3n) is 4.15. The van der Waals surface area contributed by atoms with Crippen LogP contribution in [0.25, 0.3) is 0 Å². The molecular formula is C21H16N4O5. The molecule has 9 heteroatoms. The molecule has 0 saturated carbocycles. The summed E-state index contributed by atoms with van der Waals surface area (Å²) in [5, 5.41) is 16.0. The maximum atomic E-state index is 12.4. The van der Waals surface area contributed by atoms with E-state index in [2.05, 4.69) is 15.6 Å². The average Bonchev–Trinajstić information content (AvgIpc) is 2.78. The number of pyridine rings is 1. The van der Waals surface area contributed by atoms with Crippen LogP contribution in [-0.4, -0.2) is 34.0 Å². The number of carbonyl (C=O) groups is 3. The zero-order valence-electron chi connectivity index (χ0n) is 15.6. The summed E-state index contributed by atoms with van der Waals surface area (Å²) < 4.78 is 0. The van der Waals surface area contributed by atoms with Gasteiger partial charge in [0.1, 0.15) is 5.69 Å². The van der Waals surface area contributed by atoms with Crippen molar-refractivity contribution in [2.24, 2.45) is 0 Å². The Balaban J connectivity index is 1.62. The monoisotopic (exact) mass is 404 g/mol. The van der Waals surface area contributed by atoms with E-state index < -0.39 is 16.7 Å². The minimum Gasteiger partial charge on any atom is -0.345 e. The first-order chi connectivity index (χ1) is 14.5. The van der Waals surface area contributed by atoms with Crippen molar-refractivity contribution >= 4 is 29.0 Å². The summed E-state index contributed by atoms with van der Waals surface area (Å²) in [5.41, 5.74) is 0.730. The van der Waals surface area contributed by atoms with Crippen molar-refractivity contribution in [1.29, 1.82) is 0 Å². The molecule has 0 aliphatic heterocycles. The Morgan fingerprint density at radius 1 is 0.867 bits per heavy atom. The van der Waals surface area contributed by atoms with Gasteiger partial charge >= 0.3 is 0 Å². The van der Waals surface area contributed by atoms with Gasteiger partial charge in [0.05, 0.1) is 17.0 Å². The van der Waals surface area contributed by atoms with E-state index in [4.69, 9.17) is 0 Å². The maximum Gasteiger partial charge on any atom is 0.292 e. The number of benzene rings is 2. The zero-order valence-corrected chi connectivity index (χ0v) is 15.6. The lowest BCUT2D eigenvalue weighted by atomic mass is 10.1. The molecule has 0 spiro atoms. The summed E-state index contributed by atoms with van der Waals surface area (Å²) in [6.07, 6.45) is 2.93. The van der Waals surface area contributed by atoms with E-state index in [9.17, 15) is 24.5 Å². The molecule has 0 bridgehead atoms. The van der Waals surface area contributed by atoms with Crippen LogP contribution in [0.1, 0.15) is 31.1 Å². The second kappa shape index (κ2) is 9.20. The molecule has 2 amide bonds. The molecule has 30 heavy (non-hydrogen) atoms. The standard InChI is InChI=1S/C21H16N4O5/c26-19(13-23-20(27)16-4-3-11-22-12-16)14-7-9-15(10-8-14)21(28)24-17-5-1-2-6-18(17)25(29)30/h1-12H,13H2,(H,23,27)(H,24,28). The van der Waals surface area contributed by atoms with Gasteiger partial charge in [-0.2, -0.15) is 0 Å². The lowest BCUT2D eigenvalue weighted by Crippen LogP contribution is -2.29. The van der Waals surface area contributed by atoms with Crippen LogP contribution in [0.4, 0.5) is 11.4 Å². The molecule has 0 radical (unpaired) electrons. The fourth-order valence-corrected chi connectivity index (χ4v) is 2.60. The van der Waals surface area contributed by atoms with E-state index in [1.54, 1.807) is 18.2 Å². The molecule has 3 rings (SSSR count). The van der Waals surface area contributed by atoms with Crippen molar-refractivity contribution in [2.45, 2.75) is 0 Å². The molecule has 0 aliphatic carbocycles. The molecule has 0 fully saturated rings. The molecule has 0 atom stereocenters. The molecule has 0 unspecified atom stereocenters. The Bertz CT molecular complexity index is 1100. The Hall–Kier alpha value is -4.40. The van der Waals surface area contributed by atoms with Gasteiger partial charge < -0.3 is 10.6 Å². The summed E-state index contributed by atoms with van der Waals surface area (Å²) in [4.78, 5) is 50.9. The lowest BCUT2D eigenvalue weighted by molar-refractivity contribution is -0.383. The number of nitro groups is 1. The normalized spacial score (nSPS) is 10.1. The van der Waals surface area contributed by atoms with Crippen LogP contribution in [0.2, 0.25) is 0 Å². The smallest absolute Gasteiger partial charge is 0.292 e. The number of ketones is 1. The summed E-state index contributed by atoms with van der Waals surface area (Å²) in [6.45, 7) is -0.213. The first kappa shape index (κ1) is 20.3. The maximum absolute atomic E-state index is 12.4. The van der Waals surface area contributed by atoms with Crippen molar-refractivity contribution in [3.05, 3.63) is 99.9 Å². The highest BCUT2D eigenvalue weighted by Gasteiger charge is 2.16. The molecule has 9 nitrogen and oxygen atoms in total. The third-order valence-corrected chi connectivity index (χ3v) is 4.15. The van der Waals surface area contributed by atoms with Crippen LogP contribution in [-0.2, 0) is 0 Å². The lowest BCUT2D eigenvalue weighted by Gasteiger charge is -2.07. The number of hydrogen-bond donors (Lipinski definition) is 2. The number of nitro benzene ring substituents is 1. The highest BCUT2D eigenvalue weighted by atomic mass is 16.6. The van der Waals surface area contributed by atoms with Crippen molar-refractivity contribution in [3.63, 3.8) is 0 Å². The van der Waals surface area contributed by atoms with Crippen LogP contribution >= 0.6 is 0 Å². The summed E-state index contributed by atoms with van der Waals surface area (Å²) in [7, 11) is 0. The van der Waals surface area contributed by atoms with Crippen LogP contribution < -0.4 is 10.6 Å². The minimum absolute atomic E-state index is 0.0748. The van der Waals surface area contributed by atoms with Gasteiger partial charge in [0.2, 0.25) is 0 Å². The minimum atomic E-state index is -0.586. The number of amides is 2. The van der Waals surface area contributed by atoms with Gasteiger partial charge in [-0.15, -0.1) is 0 Å². The van der Waals surface area contributed by atoms with E-state index in [1.165, 1.54) is 54.9 Å². The summed E-state index contributed by atoms with van der Waals surface area (Å²) in [6, 6.07) is 14.8.